The third kappa shape index (κ3) is 2.90. The standard InChI is InChI=1S/C13H14FNO4/c1-15(9-4-2-3-8(14)7-9)12(16)10-5-6-11(19-10)13(17)18/h2-4,7,10-11H,5-6H2,1H3,(H,17,18)/t10-,11+/m0/s1. The van der Waals surface area contributed by atoms with Crippen molar-refractivity contribution in [2.75, 3.05) is 11.9 Å². The topological polar surface area (TPSA) is 66.8 Å². The molecule has 5 nitrogen and oxygen atoms in total. The number of ether oxygens (including phenoxy) is 1. The third-order valence-corrected chi connectivity index (χ3v) is 3.10. The van der Waals surface area contributed by atoms with Crippen molar-refractivity contribution in [3.05, 3.63) is 30.1 Å². The molecule has 1 amide bonds. The summed E-state index contributed by atoms with van der Waals surface area (Å²) in [5.74, 6) is -1.87. The summed E-state index contributed by atoms with van der Waals surface area (Å²) in [6, 6.07) is 5.63. The maximum absolute atomic E-state index is 13.1. The predicted octanol–water partition coefficient (Wildman–Crippen LogP) is 1.42. The fourth-order valence-corrected chi connectivity index (χ4v) is 2.03. The van der Waals surface area contributed by atoms with Gasteiger partial charge in [0.05, 0.1) is 0 Å². The Hall–Kier alpha value is -1.95. The zero-order chi connectivity index (χ0) is 14.0. The van der Waals surface area contributed by atoms with E-state index in [4.69, 9.17) is 9.84 Å². The SMILES string of the molecule is CN(C(=O)[C@@H]1CC[C@H](C(=O)O)O1)c1cccc(F)c1. The van der Waals surface area contributed by atoms with Gasteiger partial charge in [-0.25, -0.2) is 9.18 Å². The normalized spacial score (nSPS) is 22.2. The van der Waals surface area contributed by atoms with E-state index in [1.54, 1.807) is 6.07 Å². The van der Waals surface area contributed by atoms with Gasteiger partial charge in [-0.3, -0.25) is 4.79 Å². The van der Waals surface area contributed by atoms with Crippen LogP contribution in [0.25, 0.3) is 0 Å². The molecule has 0 bridgehead atoms. The van der Waals surface area contributed by atoms with Crippen LogP contribution >= 0.6 is 0 Å². The van der Waals surface area contributed by atoms with Gasteiger partial charge in [0.15, 0.2) is 6.10 Å². The molecule has 0 unspecified atom stereocenters. The number of hydrogen-bond donors (Lipinski definition) is 1. The fourth-order valence-electron chi connectivity index (χ4n) is 2.03. The van der Waals surface area contributed by atoms with E-state index in [1.165, 1.54) is 30.1 Å². The highest BCUT2D eigenvalue weighted by molar-refractivity contribution is 5.96. The summed E-state index contributed by atoms with van der Waals surface area (Å²) in [5.41, 5.74) is 0.410. The Balaban J connectivity index is 2.06. The first-order valence-electron chi connectivity index (χ1n) is 5.90. The lowest BCUT2D eigenvalue weighted by Crippen LogP contribution is -2.37. The number of anilines is 1. The minimum atomic E-state index is -1.07. The molecule has 0 aromatic heterocycles. The number of halogens is 1. The van der Waals surface area contributed by atoms with Crippen molar-refractivity contribution in [3.8, 4) is 0 Å². The van der Waals surface area contributed by atoms with Crippen molar-refractivity contribution in [3.63, 3.8) is 0 Å². The molecule has 1 aromatic carbocycles. The van der Waals surface area contributed by atoms with Gasteiger partial charge in [-0.2, -0.15) is 0 Å². The van der Waals surface area contributed by atoms with Gasteiger partial charge in [-0.15, -0.1) is 0 Å². The molecule has 19 heavy (non-hydrogen) atoms. The maximum Gasteiger partial charge on any atom is 0.332 e. The summed E-state index contributed by atoms with van der Waals surface area (Å²) in [6.07, 6.45) is -1.05. The summed E-state index contributed by atoms with van der Waals surface area (Å²) < 4.78 is 18.3. The van der Waals surface area contributed by atoms with Gasteiger partial charge in [0.2, 0.25) is 0 Å². The van der Waals surface area contributed by atoms with Crippen molar-refractivity contribution in [1.82, 2.24) is 0 Å². The third-order valence-electron chi connectivity index (χ3n) is 3.10. The van der Waals surface area contributed by atoms with E-state index in [-0.39, 0.29) is 5.91 Å². The molecule has 1 heterocycles. The first-order chi connectivity index (χ1) is 8.99. The number of nitrogens with zero attached hydrogens (tertiary/aromatic N) is 1. The van der Waals surface area contributed by atoms with Crippen LogP contribution in [-0.4, -0.2) is 36.2 Å². The Morgan fingerprint density at radius 3 is 2.63 bits per heavy atom. The molecule has 0 saturated carbocycles. The van der Waals surface area contributed by atoms with Crippen LogP contribution in [0.4, 0.5) is 10.1 Å². The van der Waals surface area contributed by atoms with E-state index in [9.17, 15) is 14.0 Å². The highest BCUT2D eigenvalue weighted by atomic mass is 19.1. The fraction of sp³-hybridized carbons (Fsp3) is 0.385. The predicted molar refractivity (Wildman–Crippen MR) is 65.3 cm³/mol. The molecule has 2 atom stereocenters. The minimum absolute atomic E-state index is 0.308. The number of carboxylic acids is 1. The summed E-state index contributed by atoms with van der Waals surface area (Å²) in [6.45, 7) is 0. The molecular weight excluding hydrogens is 253 g/mol. The molecule has 0 spiro atoms. The second kappa shape index (κ2) is 5.36. The van der Waals surface area contributed by atoms with Crippen LogP contribution in [0.5, 0.6) is 0 Å². The quantitative estimate of drug-likeness (QED) is 0.899. The van der Waals surface area contributed by atoms with Crippen molar-refractivity contribution in [2.24, 2.45) is 0 Å². The Kier molecular flexibility index (Phi) is 3.80. The largest absolute Gasteiger partial charge is 0.479 e. The molecular formula is C13H14FNO4. The molecule has 1 aromatic rings. The summed E-state index contributed by atoms with van der Waals surface area (Å²) in [7, 11) is 1.51. The average Bonchev–Trinajstić information content (AvgIpc) is 2.86. The molecule has 102 valence electrons. The van der Waals surface area contributed by atoms with Gasteiger partial charge in [-0.1, -0.05) is 6.07 Å². The number of hydrogen-bond acceptors (Lipinski definition) is 3. The van der Waals surface area contributed by atoms with Crippen LogP contribution in [0.2, 0.25) is 0 Å². The van der Waals surface area contributed by atoms with Crippen LogP contribution in [-0.2, 0) is 14.3 Å². The summed E-state index contributed by atoms with van der Waals surface area (Å²) in [4.78, 5) is 24.1. The number of benzene rings is 1. The molecule has 6 heteroatoms. The number of rotatable bonds is 3. The van der Waals surface area contributed by atoms with E-state index in [1.807, 2.05) is 0 Å². The minimum Gasteiger partial charge on any atom is -0.479 e. The van der Waals surface area contributed by atoms with E-state index in [0.29, 0.717) is 18.5 Å². The Labute approximate surface area is 109 Å². The first-order valence-corrected chi connectivity index (χ1v) is 5.90. The van der Waals surface area contributed by atoms with Gasteiger partial charge >= 0.3 is 5.97 Å². The lowest BCUT2D eigenvalue weighted by molar-refractivity contribution is -0.151. The molecule has 1 aliphatic heterocycles. The number of likely N-dealkylation sites (N-methyl/N-ethyl adjacent to an activating group) is 1. The smallest absolute Gasteiger partial charge is 0.332 e. The molecule has 1 N–H and O–H groups in total. The maximum atomic E-state index is 13.1. The van der Waals surface area contributed by atoms with Crippen LogP contribution in [0.3, 0.4) is 0 Å². The van der Waals surface area contributed by atoms with Gasteiger partial charge < -0.3 is 14.7 Å². The number of carboxylic acid groups (broad SMARTS) is 1. The molecule has 1 saturated heterocycles. The van der Waals surface area contributed by atoms with Crippen LogP contribution in [0.15, 0.2) is 24.3 Å². The van der Waals surface area contributed by atoms with Gasteiger partial charge in [0.1, 0.15) is 11.9 Å². The molecule has 1 fully saturated rings. The van der Waals surface area contributed by atoms with Crippen LogP contribution in [0, 0.1) is 5.82 Å². The van der Waals surface area contributed by atoms with Crippen molar-refractivity contribution >= 4 is 17.6 Å². The number of amides is 1. The lowest BCUT2D eigenvalue weighted by Gasteiger charge is -2.21. The monoisotopic (exact) mass is 267 g/mol. The van der Waals surface area contributed by atoms with Crippen molar-refractivity contribution in [2.45, 2.75) is 25.0 Å². The Morgan fingerprint density at radius 1 is 1.37 bits per heavy atom. The first kappa shape index (κ1) is 13.5. The number of carbonyl (C=O) groups excluding carboxylic acids is 1. The van der Waals surface area contributed by atoms with E-state index in [0.717, 1.165) is 0 Å². The molecule has 0 aliphatic carbocycles. The number of aliphatic carboxylic acids is 1. The van der Waals surface area contributed by atoms with Gasteiger partial charge in [-0.05, 0) is 31.0 Å². The second-order valence-electron chi connectivity index (χ2n) is 4.41. The van der Waals surface area contributed by atoms with Crippen molar-refractivity contribution in [1.29, 1.82) is 0 Å². The zero-order valence-corrected chi connectivity index (χ0v) is 10.4. The van der Waals surface area contributed by atoms with Gasteiger partial charge in [0.25, 0.3) is 5.91 Å². The van der Waals surface area contributed by atoms with Gasteiger partial charge in [0, 0.05) is 12.7 Å². The Bertz CT molecular complexity index is 505. The Morgan fingerprint density at radius 2 is 2.05 bits per heavy atom. The second-order valence-corrected chi connectivity index (χ2v) is 4.41. The van der Waals surface area contributed by atoms with Crippen LogP contribution in [0.1, 0.15) is 12.8 Å². The average molecular weight is 267 g/mol. The molecule has 0 radical (unpaired) electrons. The molecule has 1 aliphatic rings. The zero-order valence-electron chi connectivity index (χ0n) is 10.4. The van der Waals surface area contributed by atoms with E-state index < -0.39 is 24.0 Å². The van der Waals surface area contributed by atoms with E-state index >= 15 is 0 Å². The summed E-state index contributed by atoms with van der Waals surface area (Å²) in [5, 5.41) is 8.81. The highest BCUT2D eigenvalue weighted by Gasteiger charge is 2.36. The number of carbonyl (C=O) groups is 2. The summed E-state index contributed by atoms with van der Waals surface area (Å²) >= 11 is 0. The van der Waals surface area contributed by atoms with Crippen LogP contribution < -0.4 is 4.90 Å². The van der Waals surface area contributed by atoms with Crippen molar-refractivity contribution < 1.29 is 23.8 Å². The van der Waals surface area contributed by atoms with E-state index in [2.05, 4.69) is 0 Å². The molecule has 2 rings (SSSR count). The lowest BCUT2D eigenvalue weighted by atomic mass is 10.1. The highest BCUT2D eigenvalue weighted by Crippen LogP contribution is 2.23.